The van der Waals surface area contributed by atoms with Gasteiger partial charge in [0.05, 0.1) is 0 Å². The van der Waals surface area contributed by atoms with Crippen molar-refractivity contribution in [3.8, 4) is 0 Å². The van der Waals surface area contributed by atoms with Crippen LogP contribution in [0.25, 0.3) is 0 Å². The van der Waals surface area contributed by atoms with E-state index in [4.69, 9.17) is 0 Å². The molecular formula is CaK2Na. The Balaban J connectivity index is 0. The van der Waals surface area contributed by atoms with Gasteiger partial charge in [0, 0.05) is 170 Å². The van der Waals surface area contributed by atoms with E-state index in [1.807, 2.05) is 0 Å². The summed E-state index contributed by atoms with van der Waals surface area (Å²) in [6.07, 6.45) is 0. The predicted octanol–water partition coefficient (Wildman–Crippen LogP) is -1.52. The van der Waals surface area contributed by atoms with Crippen LogP contribution in [0.4, 0.5) is 0 Å². The maximum Gasteiger partial charge on any atom is 0 e. The van der Waals surface area contributed by atoms with Gasteiger partial charge in [-0.1, -0.05) is 0 Å². The summed E-state index contributed by atoms with van der Waals surface area (Å²) < 4.78 is 0. The second-order valence-corrected chi connectivity index (χ2v) is 0. The van der Waals surface area contributed by atoms with Gasteiger partial charge in [0.15, 0.2) is 0 Å². The molecule has 0 aliphatic heterocycles. The van der Waals surface area contributed by atoms with Gasteiger partial charge in [0.1, 0.15) is 0 Å². The van der Waals surface area contributed by atoms with Gasteiger partial charge in [0.2, 0.25) is 0 Å². The first kappa shape index (κ1) is 22.7. The Bertz CT molecular complexity index is 6.00. The normalized spacial score (nSPS) is 0. The Labute approximate surface area is 164 Å². The quantitative estimate of drug-likeness (QED) is 0.359. The average Bonchev–Trinajstić information content (AvgIpc) is 0. The van der Waals surface area contributed by atoms with Crippen molar-refractivity contribution in [1.29, 1.82) is 0 Å². The zero-order chi connectivity index (χ0) is 0. The number of rotatable bonds is 0. The fraction of sp³-hybridized carbons (Fsp3) is 0. The Morgan fingerprint density at radius 1 is 0.750 bits per heavy atom. The van der Waals surface area contributed by atoms with Gasteiger partial charge >= 0.3 is 0 Å². The van der Waals surface area contributed by atoms with Crippen molar-refractivity contribution in [2.45, 2.75) is 0 Å². The van der Waals surface area contributed by atoms with Crippen molar-refractivity contribution in [1.82, 2.24) is 0 Å². The molecule has 0 amide bonds. The molecule has 5 valence electrons. The Morgan fingerprint density at radius 2 is 0.750 bits per heavy atom. The molecule has 4 heavy (non-hydrogen) atoms. The van der Waals surface area contributed by atoms with E-state index in [9.17, 15) is 0 Å². The minimum atomic E-state index is 0. The van der Waals surface area contributed by atoms with Crippen LogP contribution in [0, 0.1) is 0 Å². The molecule has 0 heterocycles. The van der Waals surface area contributed by atoms with Crippen LogP contribution in [0.15, 0.2) is 0 Å². The van der Waals surface area contributed by atoms with Crippen LogP contribution in [0.1, 0.15) is 0 Å². The molecule has 0 N–H and O–H groups in total. The summed E-state index contributed by atoms with van der Waals surface area (Å²) in [6.45, 7) is 0. The molecule has 0 fully saturated rings. The summed E-state index contributed by atoms with van der Waals surface area (Å²) in [6, 6.07) is 0. The second-order valence-electron chi connectivity index (χ2n) is 0. The average molecular weight is 141 g/mol. The van der Waals surface area contributed by atoms with Crippen LogP contribution >= 0.6 is 0 Å². The Kier molecular flexibility index (Phi) is 89.7. The third-order valence-corrected chi connectivity index (χ3v) is 0. The first-order chi connectivity index (χ1) is 0. The van der Waals surface area contributed by atoms with Gasteiger partial charge in [-0.15, -0.1) is 0 Å². The summed E-state index contributed by atoms with van der Waals surface area (Å²) >= 11 is 0. The van der Waals surface area contributed by atoms with Gasteiger partial charge in [-0.05, 0) is 0 Å². The molecule has 0 nitrogen and oxygen atoms in total. The van der Waals surface area contributed by atoms with Crippen LogP contribution in [0.5, 0.6) is 0 Å². The molecule has 0 bridgehead atoms. The predicted molar refractivity (Wildman–Crippen MR) is 23.0 cm³/mol. The third kappa shape index (κ3) is 10.5. The van der Waals surface area contributed by atoms with Crippen molar-refractivity contribution in [2.24, 2.45) is 0 Å². The van der Waals surface area contributed by atoms with Crippen molar-refractivity contribution >= 4 is 170 Å². The molecule has 0 aromatic rings. The topological polar surface area (TPSA) is 0 Å². The van der Waals surface area contributed by atoms with E-state index in [1.165, 1.54) is 0 Å². The summed E-state index contributed by atoms with van der Waals surface area (Å²) in [5.41, 5.74) is 0. The van der Waals surface area contributed by atoms with E-state index >= 15 is 0 Å². The summed E-state index contributed by atoms with van der Waals surface area (Å²) in [4.78, 5) is 0. The smallest absolute Gasteiger partial charge is 0 e. The van der Waals surface area contributed by atoms with Gasteiger partial charge in [-0.2, -0.15) is 0 Å². The zero-order valence-corrected chi connectivity index (χ0v) is 14.2. The van der Waals surface area contributed by atoms with Gasteiger partial charge < -0.3 is 0 Å². The van der Waals surface area contributed by atoms with E-state index in [1.54, 1.807) is 0 Å². The second kappa shape index (κ2) is 15.8. The first-order valence-electron chi connectivity index (χ1n) is 0. The molecular weight excluding hydrogens is 141 g/mol. The van der Waals surface area contributed by atoms with Crippen molar-refractivity contribution in [2.75, 3.05) is 0 Å². The fourth-order valence-corrected chi connectivity index (χ4v) is 0. The molecule has 0 aromatic carbocycles. The number of hydrogen-bond acceptors (Lipinski definition) is 0. The first-order valence-corrected chi connectivity index (χ1v) is 0. The van der Waals surface area contributed by atoms with E-state index in [-0.39, 0.29) is 170 Å². The zero-order valence-electron chi connectivity index (χ0n) is 3.71. The minimum Gasteiger partial charge on any atom is 0 e. The van der Waals surface area contributed by atoms with Gasteiger partial charge in [-0.3, -0.25) is 0 Å². The van der Waals surface area contributed by atoms with Crippen LogP contribution in [0.3, 0.4) is 0 Å². The molecule has 0 rings (SSSR count). The molecule has 0 aliphatic carbocycles. The van der Waals surface area contributed by atoms with Crippen molar-refractivity contribution in [3.63, 3.8) is 0 Å². The Morgan fingerprint density at radius 3 is 0.750 bits per heavy atom. The molecule has 0 saturated carbocycles. The van der Waals surface area contributed by atoms with Gasteiger partial charge in [0.25, 0.3) is 0 Å². The molecule has 4 heteroatoms. The minimum absolute atomic E-state index is 0. The van der Waals surface area contributed by atoms with Crippen LogP contribution < -0.4 is 0 Å². The molecule has 5 radical (unpaired) electrons. The van der Waals surface area contributed by atoms with Crippen LogP contribution in [-0.2, 0) is 0 Å². The van der Waals surface area contributed by atoms with E-state index in [2.05, 4.69) is 0 Å². The van der Waals surface area contributed by atoms with E-state index in [0.717, 1.165) is 0 Å². The molecule has 0 aliphatic rings. The summed E-state index contributed by atoms with van der Waals surface area (Å²) in [7, 11) is 0. The molecule has 0 unspecified atom stereocenters. The molecule has 0 aromatic heterocycles. The summed E-state index contributed by atoms with van der Waals surface area (Å²) in [5.74, 6) is 0. The Hall–Kier alpha value is 5.53. The van der Waals surface area contributed by atoms with Crippen molar-refractivity contribution < 1.29 is 0 Å². The SMILES string of the molecule is [Ca].[K].[K].[Na]. The van der Waals surface area contributed by atoms with E-state index in [0.29, 0.717) is 0 Å². The maximum atomic E-state index is 0. The fourth-order valence-electron chi connectivity index (χ4n) is 0. The van der Waals surface area contributed by atoms with Gasteiger partial charge in [-0.25, -0.2) is 0 Å². The molecule has 0 atom stereocenters. The largest absolute Gasteiger partial charge is 0 e. The van der Waals surface area contributed by atoms with E-state index < -0.39 is 0 Å². The molecule has 0 saturated heterocycles. The molecule has 0 spiro atoms. The van der Waals surface area contributed by atoms with Crippen molar-refractivity contribution in [3.05, 3.63) is 0 Å². The maximum absolute atomic E-state index is 0. The number of hydrogen-bond donors (Lipinski definition) is 0. The van der Waals surface area contributed by atoms with Crippen LogP contribution in [-0.4, -0.2) is 170 Å². The standard InChI is InChI=1S/Ca.2K.Na. The monoisotopic (exact) mass is 141 g/mol. The summed E-state index contributed by atoms with van der Waals surface area (Å²) in [5, 5.41) is 0. The van der Waals surface area contributed by atoms with Crippen LogP contribution in [0.2, 0.25) is 0 Å². The third-order valence-electron chi connectivity index (χ3n) is 0.